The maximum Gasteiger partial charge on any atom is 0.311 e. The molecule has 1 aromatic carbocycles. The highest BCUT2D eigenvalue weighted by molar-refractivity contribution is 7.13. The highest BCUT2D eigenvalue weighted by Gasteiger charge is 2.50. The highest BCUT2D eigenvalue weighted by Crippen LogP contribution is 2.45. The molecule has 0 radical (unpaired) electrons. The summed E-state index contributed by atoms with van der Waals surface area (Å²) in [5.74, 6) is -1.35. The number of nitrogens with zero attached hydrogens (tertiary/aromatic N) is 2. The number of carbonyl (C=O) groups is 2. The third-order valence-corrected chi connectivity index (χ3v) is 4.83. The molecule has 3 rings (SSSR count). The molecule has 9 heteroatoms. The van der Waals surface area contributed by atoms with Gasteiger partial charge in [0.1, 0.15) is 10.7 Å². The van der Waals surface area contributed by atoms with E-state index in [1.165, 1.54) is 23.5 Å². The Morgan fingerprint density at radius 2 is 2.17 bits per heavy atom. The van der Waals surface area contributed by atoms with E-state index in [0.29, 0.717) is 23.4 Å². The number of benzene rings is 1. The zero-order valence-electron chi connectivity index (χ0n) is 12.4. The minimum atomic E-state index is -0.904. The maximum atomic E-state index is 12.1. The van der Waals surface area contributed by atoms with Gasteiger partial charge >= 0.3 is 5.97 Å². The number of hydrogen-bond donors (Lipinski definition) is 2. The van der Waals surface area contributed by atoms with Crippen LogP contribution in [0.1, 0.15) is 23.3 Å². The number of carboxylic acids is 1. The summed E-state index contributed by atoms with van der Waals surface area (Å²) in [7, 11) is 0. The molecule has 1 aliphatic carbocycles. The summed E-state index contributed by atoms with van der Waals surface area (Å²) in [6.45, 7) is 0.0742. The van der Waals surface area contributed by atoms with Crippen molar-refractivity contribution in [2.75, 3.05) is 6.54 Å². The number of nitro benzene ring substituents is 1. The van der Waals surface area contributed by atoms with Crippen molar-refractivity contribution in [3.63, 3.8) is 0 Å². The van der Waals surface area contributed by atoms with Crippen LogP contribution in [0.15, 0.2) is 29.6 Å². The first kappa shape index (κ1) is 16.1. The summed E-state index contributed by atoms with van der Waals surface area (Å²) in [6.07, 6.45) is 1.11. The molecule has 124 valence electrons. The van der Waals surface area contributed by atoms with E-state index < -0.39 is 22.2 Å². The standard InChI is InChI=1S/C15H13N3O5S/c19-12(16-8-15(4-5-15)14(20)21)11-7-24-13(17-11)9-2-1-3-10(6-9)18(22)23/h1-3,6-7H,4-5,8H2,(H,16,19)(H,20,21). The van der Waals surface area contributed by atoms with Gasteiger partial charge in [0.05, 0.1) is 10.3 Å². The van der Waals surface area contributed by atoms with E-state index in [4.69, 9.17) is 5.11 Å². The molecule has 1 saturated carbocycles. The lowest BCUT2D eigenvalue weighted by Crippen LogP contribution is -2.34. The van der Waals surface area contributed by atoms with Crippen LogP contribution < -0.4 is 5.32 Å². The molecule has 2 aromatic rings. The van der Waals surface area contributed by atoms with Crippen LogP contribution in [-0.2, 0) is 4.79 Å². The number of nitrogens with one attached hydrogen (secondary N) is 1. The normalized spacial score (nSPS) is 14.8. The van der Waals surface area contributed by atoms with Crippen LogP contribution in [-0.4, -0.2) is 33.4 Å². The summed E-state index contributed by atoms with van der Waals surface area (Å²) < 4.78 is 0. The first-order valence-corrected chi connectivity index (χ1v) is 8.01. The molecule has 1 amide bonds. The van der Waals surface area contributed by atoms with E-state index in [-0.39, 0.29) is 17.9 Å². The number of rotatable bonds is 6. The van der Waals surface area contributed by atoms with Crippen molar-refractivity contribution in [3.05, 3.63) is 45.5 Å². The second-order valence-corrected chi connectivity index (χ2v) is 6.47. The number of aromatic nitrogens is 1. The summed E-state index contributed by atoms with van der Waals surface area (Å²) in [5.41, 5.74) is -0.167. The summed E-state index contributed by atoms with van der Waals surface area (Å²) >= 11 is 1.20. The van der Waals surface area contributed by atoms with Crippen molar-refractivity contribution in [3.8, 4) is 10.6 Å². The maximum absolute atomic E-state index is 12.1. The van der Waals surface area contributed by atoms with E-state index in [0.717, 1.165) is 0 Å². The smallest absolute Gasteiger partial charge is 0.311 e. The predicted octanol–water partition coefficient (Wildman–Crippen LogP) is 2.31. The quantitative estimate of drug-likeness (QED) is 0.611. The Morgan fingerprint density at radius 3 is 2.79 bits per heavy atom. The van der Waals surface area contributed by atoms with Crippen LogP contribution in [0, 0.1) is 15.5 Å². The number of aliphatic carboxylic acids is 1. The van der Waals surface area contributed by atoms with Crippen molar-refractivity contribution in [2.45, 2.75) is 12.8 Å². The summed E-state index contributed by atoms with van der Waals surface area (Å²) in [4.78, 5) is 37.7. The molecule has 0 spiro atoms. The number of hydrogen-bond acceptors (Lipinski definition) is 6. The fourth-order valence-electron chi connectivity index (χ4n) is 2.22. The van der Waals surface area contributed by atoms with Gasteiger partial charge in [0.2, 0.25) is 0 Å². The molecule has 0 unspecified atom stereocenters. The van der Waals surface area contributed by atoms with Gasteiger partial charge in [-0.2, -0.15) is 0 Å². The first-order valence-electron chi connectivity index (χ1n) is 7.13. The number of nitro groups is 1. The Balaban J connectivity index is 1.71. The number of amides is 1. The lowest BCUT2D eigenvalue weighted by molar-refractivity contribution is -0.384. The van der Waals surface area contributed by atoms with Gasteiger partial charge < -0.3 is 10.4 Å². The summed E-state index contributed by atoms with van der Waals surface area (Å²) in [6, 6.07) is 6.01. The van der Waals surface area contributed by atoms with E-state index in [1.807, 2.05) is 0 Å². The highest BCUT2D eigenvalue weighted by atomic mass is 32.1. The third-order valence-electron chi connectivity index (χ3n) is 3.94. The average molecular weight is 347 g/mol. The Kier molecular flexibility index (Phi) is 4.02. The molecule has 0 bridgehead atoms. The molecule has 1 aromatic heterocycles. The van der Waals surface area contributed by atoms with Crippen molar-refractivity contribution < 1.29 is 19.6 Å². The van der Waals surface area contributed by atoms with Gasteiger partial charge in [-0.1, -0.05) is 12.1 Å². The van der Waals surface area contributed by atoms with Crippen LogP contribution in [0.4, 0.5) is 5.69 Å². The van der Waals surface area contributed by atoms with Crippen LogP contribution in [0.2, 0.25) is 0 Å². The zero-order valence-corrected chi connectivity index (χ0v) is 13.2. The van der Waals surface area contributed by atoms with Crippen molar-refractivity contribution in [2.24, 2.45) is 5.41 Å². The van der Waals surface area contributed by atoms with Crippen LogP contribution in [0.25, 0.3) is 10.6 Å². The number of carbonyl (C=O) groups excluding carboxylic acids is 1. The van der Waals surface area contributed by atoms with Gasteiger partial charge in [-0.15, -0.1) is 11.3 Å². The average Bonchev–Trinajstić information content (AvgIpc) is 3.21. The Bertz CT molecular complexity index is 828. The fraction of sp³-hybridized carbons (Fsp3) is 0.267. The number of non-ortho nitro benzene ring substituents is 1. The van der Waals surface area contributed by atoms with Crippen molar-refractivity contribution in [1.29, 1.82) is 0 Å². The van der Waals surface area contributed by atoms with Crippen molar-refractivity contribution in [1.82, 2.24) is 10.3 Å². The monoisotopic (exact) mass is 347 g/mol. The second kappa shape index (κ2) is 6.00. The van der Waals surface area contributed by atoms with E-state index in [2.05, 4.69) is 10.3 Å². The minimum absolute atomic E-state index is 0.0502. The van der Waals surface area contributed by atoms with Crippen molar-refractivity contribution >= 4 is 28.9 Å². The topological polar surface area (TPSA) is 122 Å². The molecule has 24 heavy (non-hydrogen) atoms. The van der Waals surface area contributed by atoms with Crippen LogP contribution >= 0.6 is 11.3 Å². The number of carboxylic acid groups (broad SMARTS) is 1. The first-order chi connectivity index (χ1) is 11.4. The van der Waals surface area contributed by atoms with E-state index in [1.54, 1.807) is 17.5 Å². The Morgan fingerprint density at radius 1 is 1.42 bits per heavy atom. The van der Waals surface area contributed by atoms with Gasteiger partial charge in [-0.25, -0.2) is 4.98 Å². The van der Waals surface area contributed by atoms with Gasteiger partial charge in [-0.05, 0) is 12.8 Å². The Hall–Kier alpha value is -2.81. The molecule has 8 nitrogen and oxygen atoms in total. The predicted molar refractivity (Wildman–Crippen MR) is 85.8 cm³/mol. The molecule has 0 atom stereocenters. The molecular weight excluding hydrogens is 334 g/mol. The van der Waals surface area contributed by atoms with Crippen LogP contribution in [0.3, 0.4) is 0 Å². The fourth-order valence-corrected chi connectivity index (χ4v) is 3.02. The molecule has 1 fully saturated rings. The second-order valence-electron chi connectivity index (χ2n) is 5.61. The molecule has 1 aliphatic rings. The molecule has 1 heterocycles. The van der Waals surface area contributed by atoms with E-state index in [9.17, 15) is 19.7 Å². The molecule has 2 N–H and O–H groups in total. The van der Waals surface area contributed by atoms with E-state index >= 15 is 0 Å². The lowest BCUT2D eigenvalue weighted by atomic mass is 10.1. The zero-order chi connectivity index (χ0) is 17.3. The summed E-state index contributed by atoms with van der Waals surface area (Å²) in [5, 5.41) is 24.5. The lowest BCUT2D eigenvalue weighted by Gasteiger charge is -2.09. The minimum Gasteiger partial charge on any atom is -0.481 e. The van der Waals surface area contributed by atoms with Gasteiger partial charge in [-0.3, -0.25) is 19.7 Å². The molecule has 0 saturated heterocycles. The van der Waals surface area contributed by atoms with Gasteiger partial charge in [0.25, 0.3) is 11.6 Å². The molecular formula is C15H13N3O5S. The van der Waals surface area contributed by atoms with Gasteiger partial charge in [0, 0.05) is 29.6 Å². The third kappa shape index (κ3) is 3.11. The SMILES string of the molecule is O=C(NCC1(C(=O)O)CC1)c1csc(-c2cccc([N+](=O)[O-])c2)n1. The van der Waals surface area contributed by atoms with Gasteiger partial charge in [0.15, 0.2) is 0 Å². The molecule has 0 aliphatic heterocycles. The largest absolute Gasteiger partial charge is 0.481 e. The van der Waals surface area contributed by atoms with Crippen LogP contribution in [0.5, 0.6) is 0 Å². The number of thiazole rings is 1. The Labute approximate surface area is 140 Å².